The molecule has 2 N–H and O–H groups in total. The first kappa shape index (κ1) is 12.0. The number of aryl methyl sites for hydroxylation is 1. The van der Waals surface area contributed by atoms with Crippen LogP contribution < -0.4 is 5.73 Å². The highest BCUT2D eigenvalue weighted by atomic mass is 19.1. The molecule has 4 heteroatoms. The van der Waals surface area contributed by atoms with Crippen molar-refractivity contribution in [3.63, 3.8) is 0 Å². The number of halogens is 1. The lowest BCUT2D eigenvalue weighted by molar-refractivity contribution is 0.0787. The van der Waals surface area contributed by atoms with Crippen molar-refractivity contribution in [1.29, 1.82) is 0 Å². The molecule has 1 saturated heterocycles. The number of nitrogens with two attached hydrogens (primary N) is 1. The van der Waals surface area contributed by atoms with Crippen LogP contribution >= 0.6 is 0 Å². The molecular formula is C13H17FN2O. The Hall–Kier alpha value is -1.42. The molecule has 0 spiro atoms. The van der Waals surface area contributed by atoms with E-state index in [1.165, 1.54) is 6.07 Å². The Morgan fingerprint density at radius 3 is 2.94 bits per heavy atom. The minimum absolute atomic E-state index is 0.0240. The van der Waals surface area contributed by atoms with Crippen molar-refractivity contribution >= 4 is 5.91 Å². The molecule has 1 unspecified atom stereocenters. The van der Waals surface area contributed by atoms with Gasteiger partial charge in [-0.05, 0) is 49.6 Å². The first-order chi connectivity index (χ1) is 8.11. The number of carbonyl (C=O) groups excluding carboxylic acids is 1. The molecule has 17 heavy (non-hydrogen) atoms. The summed E-state index contributed by atoms with van der Waals surface area (Å²) in [6, 6.07) is 4.49. The zero-order valence-electron chi connectivity index (χ0n) is 9.95. The van der Waals surface area contributed by atoms with Crippen LogP contribution in [0.2, 0.25) is 0 Å². The normalized spacial score (nSPS) is 19.7. The van der Waals surface area contributed by atoms with E-state index in [0.29, 0.717) is 30.1 Å². The van der Waals surface area contributed by atoms with E-state index in [-0.39, 0.29) is 11.7 Å². The third-order valence-corrected chi connectivity index (χ3v) is 3.31. The van der Waals surface area contributed by atoms with E-state index < -0.39 is 0 Å². The van der Waals surface area contributed by atoms with Crippen molar-refractivity contribution in [2.45, 2.75) is 13.3 Å². The summed E-state index contributed by atoms with van der Waals surface area (Å²) in [5, 5.41) is 0. The van der Waals surface area contributed by atoms with Crippen LogP contribution in [0.25, 0.3) is 0 Å². The molecule has 0 aromatic heterocycles. The Morgan fingerprint density at radius 2 is 2.35 bits per heavy atom. The predicted molar refractivity (Wildman–Crippen MR) is 64.2 cm³/mol. The second-order valence-corrected chi connectivity index (χ2v) is 4.61. The Bertz CT molecular complexity index is 433. The number of hydrogen-bond acceptors (Lipinski definition) is 2. The molecule has 0 aliphatic carbocycles. The number of benzene rings is 1. The van der Waals surface area contributed by atoms with Crippen LogP contribution in [0.3, 0.4) is 0 Å². The highest BCUT2D eigenvalue weighted by Gasteiger charge is 2.26. The van der Waals surface area contributed by atoms with Gasteiger partial charge in [0.1, 0.15) is 5.82 Å². The molecule has 3 nitrogen and oxygen atoms in total. The van der Waals surface area contributed by atoms with Crippen LogP contribution in [0.1, 0.15) is 22.3 Å². The lowest BCUT2D eigenvalue weighted by Gasteiger charge is -2.16. The minimum atomic E-state index is -0.275. The highest BCUT2D eigenvalue weighted by Crippen LogP contribution is 2.18. The quantitative estimate of drug-likeness (QED) is 0.847. The van der Waals surface area contributed by atoms with Gasteiger partial charge in [0.25, 0.3) is 5.91 Å². The van der Waals surface area contributed by atoms with Crippen molar-refractivity contribution in [2.24, 2.45) is 11.7 Å². The molecule has 0 saturated carbocycles. The second kappa shape index (κ2) is 4.84. The van der Waals surface area contributed by atoms with Gasteiger partial charge in [0.15, 0.2) is 0 Å². The molecule has 1 aromatic carbocycles. The average molecular weight is 236 g/mol. The topological polar surface area (TPSA) is 46.3 Å². The lowest BCUT2D eigenvalue weighted by Crippen LogP contribution is -2.29. The summed E-state index contributed by atoms with van der Waals surface area (Å²) in [7, 11) is 0. The number of hydrogen-bond donors (Lipinski definition) is 1. The van der Waals surface area contributed by atoms with Crippen molar-refractivity contribution in [1.82, 2.24) is 4.90 Å². The maximum absolute atomic E-state index is 13.1. The van der Waals surface area contributed by atoms with Gasteiger partial charge in [0, 0.05) is 18.7 Å². The van der Waals surface area contributed by atoms with E-state index in [0.717, 1.165) is 13.0 Å². The molecule has 1 amide bonds. The monoisotopic (exact) mass is 236 g/mol. The smallest absolute Gasteiger partial charge is 0.253 e. The maximum atomic E-state index is 13.1. The second-order valence-electron chi connectivity index (χ2n) is 4.61. The molecular weight excluding hydrogens is 219 g/mol. The van der Waals surface area contributed by atoms with E-state index in [2.05, 4.69) is 0 Å². The molecule has 2 rings (SSSR count). The molecule has 1 aromatic rings. The van der Waals surface area contributed by atoms with Gasteiger partial charge in [-0.1, -0.05) is 0 Å². The maximum Gasteiger partial charge on any atom is 0.253 e. The Morgan fingerprint density at radius 1 is 1.59 bits per heavy atom. The van der Waals surface area contributed by atoms with E-state index in [1.807, 2.05) is 0 Å². The van der Waals surface area contributed by atoms with Crippen LogP contribution in [0.15, 0.2) is 18.2 Å². The van der Waals surface area contributed by atoms with Gasteiger partial charge in [-0.25, -0.2) is 4.39 Å². The van der Waals surface area contributed by atoms with Gasteiger partial charge in [-0.3, -0.25) is 4.79 Å². The van der Waals surface area contributed by atoms with Gasteiger partial charge in [0.05, 0.1) is 0 Å². The fourth-order valence-electron chi connectivity index (χ4n) is 2.17. The van der Waals surface area contributed by atoms with Gasteiger partial charge in [-0.2, -0.15) is 0 Å². The summed E-state index contributed by atoms with van der Waals surface area (Å²) in [4.78, 5) is 13.9. The van der Waals surface area contributed by atoms with Crippen molar-refractivity contribution < 1.29 is 9.18 Å². The van der Waals surface area contributed by atoms with Crippen LogP contribution in [0.5, 0.6) is 0 Å². The van der Waals surface area contributed by atoms with Crippen molar-refractivity contribution in [2.75, 3.05) is 19.6 Å². The fraction of sp³-hybridized carbons (Fsp3) is 0.462. The lowest BCUT2D eigenvalue weighted by atomic mass is 10.1. The molecule has 1 fully saturated rings. The van der Waals surface area contributed by atoms with Gasteiger partial charge in [-0.15, -0.1) is 0 Å². The molecule has 0 bridgehead atoms. The first-order valence-corrected chi connectivity index (χ1v) is 5.87. The van der Waals surface area contributed by atoms with Crippen LogP contribution in [-0.4, -0.2) is 30.4 Å². The summed E-state index contributed by atoms with van der Waals surface area (Å²) in [5.74, 6) is 0.104. The number of amides is 1. The van der Waals surface area contributed by atoms with E-state index in [1.54, 1.807) is 24.0 Å². The number of likely N-dealkylation sites (tertiary alicyclic amines) is 1. The average Bonchev–Trinajstić information content (AvgIpc) is 2.80. The van der Waals surface area contributed by atoms with E-state index in [9.17, 15) is 9.18 Å². The number of carbonyl (C=O) groups is 1. The standard InChI is InChI=1S/C13H17FN2O/c1-9-6-11(2-3-12(9)14)13(17)16-5-4-10(7-15)8-16/h2-3,6,10H,4-5,7-8,15H2,1H3. The molecule has 1 heterocycles. The summed E-state index contributed by atoms with van der Waals surface area (Å²) in [5.41, 5.74) is 6.65. The van der Waals surface area contributed by atoms with Crippen molar-refractivity contribution in [3.05, 3.63) is 35.1 Å². The molecule has 0 radical (unpaired) electrons. The van der Waals surface area contributed by atoms with E-state index in [4.69, 9.17) is 5.73 Å². The first-order valence-electron chi connectivity index (χ1n) is 5.87. The SMILES string of the molecule is Cc1cc(C(=O)N2CCC(CN)C2)ccc1F. The van der Waals surface area contributed by atoms with Crippen molar-refractivity contribution in [3.8, 4) is 0 Å². The predicted octanol–water partition coefficient (Wildman–Crippen LogP) is 1.55. The zero-order valence-corrected chi connectivity index (χ0v) is 9.95. The zero-order chi connectivity index (χ0) is 12.4. The molecule has 1 aliphatic rings. The van der Waals surface area contributed by atoms with Crippen LogP contribution in [0.4, 0.5) is 4.39 Å². The summed E-state index contributed by atoms with van der Waals surface area (Å²) in [6.45, 7) is 3.74. The third kappa shape index (κ3) is 2.47. The number of rotatable bonds is 2. The van der Waals surface area contributed by atoms with Gasteiger partial charge in [0.2, 0.25) is 0 Å². The summed E-state index contributed by atoms with van der Waals surface area (Å²) >= 11 is 0. The van der Waals surface area contributed by atoms with Crippen LogP contribution in [0, 0.1) is 18.7 Å². The van der Waals surface area contributed by atoms with Gasteiger partial charge < -0.3 is 10.6 Å². The summed E-state index contributed by atoms with van der Waals surface area (Å²) in [6.07, 6.45) is 0.961. The largest absolute Gasteiger partial charge is 0.338 e. The Balaban J connectivity index is 2.12. The Kier molecular flexibility index (Phi) is 3.43. The van der Waals surface area contributed by atoms with Crippen LogP contribution in [-0.2, 0) is 0 Å². The van der Waals surface area contributed by atoms with E-state index >= 15 is 0 Å². The third-order valence-electron chi connectivity index (χ3n) is 3.31. The number of nitrogens with zero attached hydrogens (tertiary/aromatic N) is 1. The molecule has 1 atom stereocenters. The molecule has 92 valence electrons. The molecule has 1 aliphatic heterocycles. The fourth-order valence-corrected chi connectivity index (χ4v) is 2.17. The summed E-state index contributed by atoms with van der Waals surface area (Å²) < 4.78 is 13.1. The minimum Gasteiger partial charge on any atom is -0.338 e. The van der Waals surface area contributed by atoms with Gasteiger partial charge >= 0.3 is 0 Å². The highest BCUT2D eigenvalue weighted by molar-refractivity contribution is 5.94. The Labute approximate surface area is 100 Å².